The lowest BCUT2D eigenvalue weighted by Gasteiger charge is -2.05. The van der Waals surface area contributed by atoms with Crippen molar-refractivity contribution in [2.75, 3.05) is 6.54 Å². The number of aromatic nitrogens is 3. The van der Waals surface area contributed by atoms with Crippen molar-refractivity contribution < 1.29 is 4.79 Å². The summed E-state index contributed by atoms with van der Waals surface area (Å²) in [6, 6.07) is 9.93. The van der Waals surface area contributed by atoms with Gasteiger partial charge in [0.15, 0.2) is 0 Å². The summed E-state index contributed by atoms with van der Waals surface area (Å²) in [5.74, 6) is -0.0567. The highest BCUT2D eigenvalue weighted by Crippen LogP contribution is 2.13. The minimum absolute atomic E-state index is 0.0567. The molecule has 0 bridgehead atoms. The van der Waals surface area contributed by atoms with Crippen LogP contribution in [0.15, 0.2) is 61.2 Å². The summed E-state index contributed by atoms with van der Waals surface area (Å²) in [5, 5.41) is 4.11. The number of pyridine rings is 2. The number of amides is 1. The molecule has 5 nitrogen and oxygen atoms in total. The first-order valence-corrected chi connectivity index (χ1v) is 9.09. The van der Waals surface area contributed by atoms with Gasteiger partial charge in [0.05, 0.1) is 0 Å². The maximum Gasteiger partial charge on any atom is 0.243 e. The van der Waals surface area contributed by atoms with Crippen molar-refractivity contribution in [1.29, 1.82) is 0 Å². The van der Waals surface area contributed by atoms with Gasteiger partial charge in [0.1, 0.15) is 5.65 Å². The lowest BCUT2D eigenvalue weighted by molar-refractivity contribution is -0.116. The van der Waals surface area contributed by atoms with Crippen molar-refractivity contribution in [3.8, 4) is 0 Å². The van der Waals surface area contributed by atoms with Gasteiger partial charge < -0.3 is 9.88 Å². The fourth-order valence-corrected chi connectivity index (χ4v) is 2.88. The van der Waals surface area contributed by atoms with Gasteiger partial charge in [-0.25, -0.2) is 4.98 Å². The number of aryl methyl sites for hydroxylation is 1. The van der Waals surface area contributed by atoms with Crippen LogP contribution >= 0.6 is 0 Å². The van der Waals surface area contributed by atoms with E-state index in [2.05, 4.69) is 38.2 Å². The van der Waals surface area contributed by atoms with Gasteiger partial charge in [-0.3, -0.25) is 9.78 Å². The molecule has 0 saturated carbocycles. The first-order chi connectivity index (χ1) is 12.8. The second kappa shape index (κ2) is 9.51. The van der Waals surface area contributed by atoms with Gasteiger partial charge in [-0.15, -0.1) is 0 Å². The van der Waals surface area contributed by atoms with Gasteiger partial charge in [0.2, 0.25) is 5.91 Å². The van der Waals surface area contributed by atoms with E-state index in [-0.39, 0.29) is 5.91 Å². The Bertz CT molecular complexity index is 855. The molecule has 3 aromatic heterocycles. The average molecular weight is 348 g/mol. The van der Waals surface area contributed by atoms with Gasteiger partial charge in [-0.05, 0) is 48.7 Å². The molecule has 0 unspecified atom stereocenters. The quantitative estimate of drug-likeness (QED) is 0.472. The van der Waals surface area contributed by atoms with Crippen LogP contribution < -0.4 is 5.32 Å². The van der Waals surface area contributed by atoms with Crippen LogP contribution in [-0.2, 0) is 11.3 Å². The van der Waals surface area contributed by atoms with E-state index < -0.39 is 0 Å². The fourth-order valence-electron chi connectivity index (χ4n) is 2.88. The molecule has 0 aliphatic heterocycles. The highest BCUT2D eigenvalue weighted by molar-refractivity contribution is 5.91. The van der Waals surface area contributed by atoms with E-state index in [4.69, 9.17) is 0 Å². The van der Waals surface area contributed by atoms with E-state index in [1.807, 2.05) is 24.4 Å². The van der Waals surface area contributed by atoms with E-state index in [9.17, 15) is 4.79 Å². The first-order valence-electron chi connectivity index (χ1n) is 9.09. The van der Waals surface area contributed by atoms with Crippen molar-refractivity contribution in [2.24, 2.45) is 0 Å². The SMILES string of the molecule is O=C(/C=C/c1cccnc1)NCCCCCCn1ccc2cccnc21. The Balaban J connectivity index is 1.28. The average Bonchev–Trinajstić information content (AvgIpc) is 3.10. The van der Waals surface area contributed by atoms with Crippen molar-refractivity contribution in [3.05, 3.63) is 66.8 Å². The zero-order valence-corrected chi connectivity index (χ0v) is 14.8. The van der Waals surface area contributed by atoms with Crippen LogP contribution in [0.5, 0.6) is 0 Å². The molecule has 3 heterocycles. The number of hydrogen-bond donors (Lipinski definition) is 1. The molecule has 0 aliphatic carbocycles. The molecule has 3 rings (SSSR count). The monoisotopic (exact) mass is 348 g/mol. The zero-order chi connectivity index (χ0) is 18.0. The Morgan fingerprint density at radius 2 is 1.96 bits per heavy atom. The molecule has 0 aromatic carbocycles. The largest absolute Gasteiger partial charge is 0.353 e. The summed E-state index contributed by atoms with van der Waals surface area (Å²) in [7, 11) is 0. The van der Waals surface area contributed by atoms with Gasteiger partial charge in [-0.1, -0.05) is 18.9 Å². The topological polar surface area (TPSA) is 59.8 Å². The van der Waals surface area contributed by atoms with Crippen LogP contribution in [0.4, 0.5) is 0 Å². The Morgan fingerprint density at radius 1 is 1.08 bits per heavy atom. The molecule has 134 valence electrons. The summed E-state index contributed by atoms with van der Waals surface area (Å²) >= 11 is 0. The normalized spacial score (nSPS) is 11.2. The smallest absolute Gasteiger partial charge is 0.243 e. The number of carbonyl (C=O) groups excluding carboxylic acids is 1. The Labute approximate surface area is 153 Å². The number of unbranched alkanes of at least 4 members (excludes halogenated alkanes) is 3. The molecule has 0 fully saturated rings. The van der Waals surface area contributed by atoms with Crippen molar-refractivity contribution in [1.82, 2.24) is 19.9 Å². The van der Waals surface area contributed by atoms with Crippen LogP contribution in [0.3, 0.4) is 0 Å². The number of nitrogens with zero attached hydrogens (tertiary/aromatic N) is 3. The van der Waals surface area contributed by atoms with Crippen molar-refractivity contribution in [3.63, 3.8) is 0 Å². The number of nitrogens with one attached hydrogen (secondary N) is 1. The number of fused-ring (bicyclic) bond motifs is 1. The maximum absolute atomic E-state index is 11.8. The minimum atomic E-state index is -0.0567. The summed E-state index contributed by atoms with van der Waals surface area (Å²) in [4.78, 5) is 20.2. The third-order valence-corrected chi connectivity index (χ3v) is 4.26. The summed E-state index contributed by atoms with van der Waals surface area (Å²) < 4.78 is 2.21. The molecular weight excluding hydrogens is 324 g/mol. The number of carbonyl (C=O) groups is 1. The number of rotatable bonds is 9. The van der Waals surface area contributed by atoms with Crippen molar-refractivity contribution >= 4 is 23.0 Å². The molecule has 0 saturated heterocycles. The standard InChI is InChI=1S/C21H24N4O/c26-20(10-9-18-7-5-12-22-17-18)23-13-3-1-2-4-15-25-16-11-19-8-6-14-24-21(19)25/h5-12,14,16-17H,1-4,13,15H2,(H,23,26)/b10-9+. The van der Waals surface area contributed by atoms with Crippen LogP contribution in [0.1, 0.15) is 31.2 Å². The lowest BCUT2D eigenvalue weighted by Crippen LogP contribution is -2.21. The molecule has 0 spiro atoms. The summed E-state index contributed by atoms with van der Waals surface area (Å²) in [5.41, 5.74) is 1.98. The minimum Gasteiger partial charge on any atom is -0.353 e. The first kappa shape index (κ1) is 17.9. The van der Waals surface area contributed by atoms with E-state index in [1.165, 1.54) is 5.39 Å². The Morgan fingerprint density at radius 3 is 2.85 bits per heavy atom. The van der Waals surface area contributed by atoms with Gasteiger partial charge in [-0.2, -0.15) is 0 Å². The lowest BCUT2D eigenvalue weighted by atomic mass is 10.2. The van der Waals surface area contributed by atoms with Crippen LogP contribution in [-0.4, -0.2) is 27.0 Å². The second-order valence-electron chi connectivity index (χ2n) is 6.25. The van der Waals surface area contributed by atoms with Crippen LogP contribution in [0, 0.1) is 0 Å². The third kappa shape index (κ3) is 5.28. The summed E-state index contributed by atoms with van der Waals surface area (Å²) in [6.07, 6.45) is 15.1. The molecule has 0 radical (unpaired) electrons. The molecule has 1 N–H and O–H groups in total. The third-order valence-electron chi connectivity index (χ3n) is 4.26. The van der Waals surface area contributed by atoms with E-state index in [0.29, 0.717) is 6.54 Å². The Hall–Kier alpha value is -2.95. The molecule has 0 atom stereocenters. The molecule has 1 amide bonds. The van der Waals surface area contributed by atoms with Gasteiger partial charge >= 0.3 is 0 Å². The van der Waals surface area contributed by atoms with E-state index >= 15 is 0 Å². The maximum atomic E-state index is 11.8. The fraction of sp³-hybridized carbons (Fsp3) is 0.286. The van der Waals surface area contributed by atoms with E-state index in [0.717, 1.165) is 43.4 Å². The molecule has 3 aromatic rings. The highest BCUT2D eigenvalue weighted by Gasteiger charge is 2.01. The van der Waals surface area contributed by atoms with Crippen LogP contribution in [0.25, 0.3) is 17.1 Å². The Kier molecular flexibility index (Phi) is 6.53. The molecule has 26 heavy (non-hydrogen) atoms. The summed E-state index contributed by atoms with van der Waals surface area (Å²) in [6.45, 7) is 1.70. The van der Waals surface area contributed by atoms with Gasteiger partial charge in [0.25, 0.3) is 0 Å². The van der Waals surface area contributed by atoms with Crippen LogP contribution in [0.2, 0.25) is 0 Å². The second-order valence-corrected chi connectivity index (χ2v) is 6.25. The zero-order valence-electron chi connectivity index (χ0n) is 14.8. The van der Waals surface area contributed by atoms with E-state index in [1.54, 1.807) is 24.5 Å². The highest BCUT2D eigenvalue weighted by atomic mass is 16.1. The van der Waals surface area contributed by atoms with Gasteiger partial charge in [0, 0.05) is 49.3 Å². The molecule has 0 aliphatic rings. The van der Waals surface area contributed by atoms with Crippen molar-refractivity contribution in [2.45, 2.75) is 32.2 Å². The molecule has 5 heteroatoms. The molecular formula is C21H24N4O. The number of hydrogen-bond acceptors (Lipinski definition) is 3. The predicted molar refractivity (Wildman–Crippen MR) is 104 cm³/mol. The predicted octanol–water partition coefficient (Wildman–Crippen LogP) is 3.82.